The third-order valence-electron chi connectivity index (χ3n) is 3.58. The summed E-state index contributed by atoms with van der Waals surface area (Å²) >= 11 is 1.88. The summed E-state index contributed by atoms with van der Waals surface area (Å²) in [5.41, 5.74) is 2.50. The molecule has 1 atom stereocenters. The Kier molecular flexibility index (Phi) is 3.37. The van der Waals surface area contributed by atoms with E-state index in [-0.39, 0.29) is 17.6 Å². The van der Waals surface area contributed by atoms with Gasteiger partial charge in [-0.1, -0.05) is 0 Å². The molecule has 1 fully saturated rings. The van der Waals surface area contributed by atoms with Crippen molar-refractivity contribution in [2.24, 2.45) is 0 Å². The van der Waals surface area contributed by atoms with E-state index in [2.05, 4.69) is 5.43 Å². The molecule has 2 heterocycles. The topological polar surface area (TPSA) is 74.6 Å². The number of fused-ring (bicyclic) bond motifs is 1. The number of aromatic hydroxyl groups is 1. The average molecular weight is 295 g/mol. The molecule has 1 unspecified atom stereocenters. The fraction of sp³-hybridized carbons (Fsp3) is 0.538. The summed E-state index contributed by atoms with van der Waals surface area (Å²) < 4.78 is 1.41. The second kappa shape index (κ2) is 5.05. The third-order valence-corrected chi connectivity index (χ3v) is 5.20. The molecule has 1 aromatic rings. The van der Waals surface area contributed by atoms with Gasteiger partial charge in [0.05, 0.1) is 0 Å². The number of amides is 1. The second-order valence-electron chi connectivity index (χ2n) is 5.22. The van der Waals surface area contributed by atoms with Gasteiger partial charge in [0.15, 0.2) is 11.4 Å². The molecule has 6 nitrogen and oxygen atoms in total. The zero-order chi connectivity index (χ0) is 14.3. The number of thioether (sulfide) groups is 1. The smallest absolute Gasteiger partial charge is 0.278 e. The number of nitrogens with one attached hydrogen (secondary N) is 1. The van der Waals surface area contributed by atoms with Gasteiger partial charge in [0.1, 0.15) is 6.67 Å². The molecule has 1 saturated carbocycles. The van der Waals surface area contributed by atoms with Gasteiger partial charge in [0, 0.05) is 29.3 Å². The summed E-state index contributed by atoms with van der Waals surface area (Å²) in [5.74, 6) is 0.0789. The van der Waals surface area contributed by atoms with Crippen molar-refractivity contribution in [2.75, 3.05) is 17.8 Å². The number of pyridine rings is 1. The maximum atomic E-state index is 12.4. The Balaban J connectivity index is 1.80. The van der Waals surface area contributed by atoms with Crippen LogP contribution in [0.25, 0.3) is 0 Å². The number of carbonyl (C=O) groups excluding carboxylic acids is 1. The molecule has 0 saturated heterocycles. The molecular weight excluding hydrogens is 278 g/mol. The molecule has 2 N–H and O–H groups in total. The molecule has 3 rings (SSSR count). The van der Waals surface area contributed by atoms with Crippen LogP contribution in [0.4, 0.5) is 0 Å². The molecule has 1 aliphatic carbocycles. The minimum atomic E-state index is -0.534. The van der Waals surface area contributed by atoms with Gasteiger partial charge < -0.3 is 15.4 Å². The molecule has 0 bridgehead atoms. The van der Waals surface area contributed by atoms with E-state index in [0.717, 1.165) is 11.0 Å². The lowest BCUT2D eigenvalue weighted by atomic mass is 10.2. The Morgan fingerprint density at radius 2 is 2.25 bits per heavy atom. The van der Waals surface area contributed by atoms with E-state index in [0.29, 0.717) is 6.67 Å². The van der Waals surface area contributed by atoms with Gasteiger partial charge in [0.25, 0.3) is 5.91 Å². The second-order valence-corrected chi connectivity index (χ2v) is 6.55. The highest BCUT2D eigenvalue weighted by molar-refractivity contribution is 8.00. The highest BCUT2D eigenvalue weighted by atomic mass is 32.2. The van der Waals surface area contributed by atoms with Gasteiger partial charge in [-0.25, -0.2) is 0 Å². The fourth-order valence-electron chi connectivity index (χ4n) is 2.18. The van der Waals surface area contributed by atoms with E-state index in [9.17, 15) is 14.7 Å². The molecule has 0 aromatic carbocycles. The first kappa shape index (κ1) is 13.4. The third kappa shape index (κ3) is 2.37. The van der Waals surface area contributed by atoms with Crippen molar-refractivity contribution in [3.8, 4) is 5.75 Å². The van der Waals surface area contributed by atoms with Crippen LogP contribution >= 0.6 is 11.8 Å². The molecule has 0 radical (unpaired) electrons. The molecule has 1 aromatic heterocycles. The number of rotatable bonds is 4. The van der Waals surface area contributed by atoms with Crippen LogP contribution in [-0.2, 0) is 0 Å². The van der Waals surface area contributed by atoms with E-state index < -0.39 is 11.2 Å². The lowest BCUT2D eigenvalue weighted by Crippen LogP contribution is -2.50. The standard InChI is InChI=1S/C13H17N3O3S/c1-8(6-20-9-2-3-9)15-7-14-16-5-4-10(17)12(18)11(16)13(15)19/h4-5,8-9,14,18H,2-3,6-7H2,1H3. The van der Waals surface area contributed by atoms with E-state index in [1.54, 1.807) is 4.90 Å². The number of hydrogen-bond acceptors (Lipinski definition) is 5. The number of nitrogens with zero attached hydrogens (tertiary/aromatic N) is 2. The largest absolute Gasteiger partial charge is 0.502 e. The molecule has 7 heteroatoms. The Morgan fingerprint density at radius 3 is 2.95 bits per heavy atom. The minimum absolute atomic E-state index is 0.0204. The first-order chi connectivity index (χ1) is 9.58. The van der Waals surface area contributed by atoms with Gasteiger partial charge in [-0.05, 0) is 19.8 Å². The quantitative estimate of drug-likeness (QED) is 0.859. The van der Waals surface area contributed by atoms with Gasteiger partial charge in [-0.2, -0.15) is 11.8 Å². The van der Waals surface area contributed by atoms with Crippen LogP contribution in [0.3, 0.4) is 0 Å². The van der Waals surface area contributed by atoms with Crippen LogP contribution < -0.4 is 10.9 Å². The summed E-state index contributed by atoms with van der Waals surface area (Å²) in [6.45, 7) is 2.36. The number of aromatic nitrogens is 1. The lowest BCUT2D eigenvalue weighted by Gasteiger charge is -2.35. The highest BCUT2D eigenvalue weighted by Gasteiger charge is 2.32. The van der Waals surface area contributed by atoms with Crippen LogP contribution in [0.5, 0.6) is 5.75 Å². The Bertz CT molecular complexity index is 597. The van der Waals surface area contributed by atoms with Crippen molar-refractivity contribution in [3.63, 3.8) is 0 Å². The van der Waals surface area contributed by atoms with Crippen LogP contribution in [0, 0.1) is 0 Å². The molecule has 1 amide bonds. The lowest BCUT2D eigenvalue weighted by molar-refractivity contribution is 0.0674. The maximum absolute atomic E-state index is 12.4. The molecule has 0 spiro atoms. The van der Waals surface area contributed by atoms with E-state index in [1.165, 1.54) is 29.8 Å². The van der Waals surface area contributed by atoms with Crippen molar-refractivity contribution in [2.45, 2.75) is 31.1 Å². The zero-order valence-corrected chi connectivity index (χ0v) is 12.0. The SMILES string of the molecule is CC(CSC1CC1)N1CNn2ccc(=O)c(O)c2C1=O. The predicted octanol–water partition coefficient (Wildman–Crippen LogP) is 0.795. The first-order valence-electron chi connectivity index (χ1n) is 6.69. The average Bonchev–Trinajstić information content (AvgIpc) is 3.24. The van der Waals surface area contributed by atoms with Crippen LogP contribution in [-0.4, -0.2) is 44.3 Å². The summed E-state index contributed by atoms with van der Waals surface area (Å²) in [6.07, 6.45) is 4.00. The molecular formula is C13H17N3O3S. The van der Waals surface area contributed by atoms with Crippen molar-refractivity contribution < 1.29 is 9.90 Å². The van der Waals surface area contributed by atoms with E-state index in [4.69, 9.17) is 0 Å². The van der Waals surface area contributed by atoms with Gasteiger partial charge in [-0.3, -0.25) is 14.3 Å². The molecule has 20 heavy (non-hydrogen) atoms. The van der Waals surface area contributed by atoms with Crippen molar-refractivity contribution in [1.82, 2.24) is 9.58 Å². The summed E-state index contributed by atoms with van der Waals surface area (Å²) in [5, 5.41) is 10.6. The van der Waals surface area contributed by atoms with Gasteiger partial charge in [-0.15, -0.1) is 0 Å². The summed E-state index contributed by atoms with van der Waals surface area (Å²) in [6, 6.07) is 1.30. The van der Waals surface area contributed by atoms with E-state index >= 15 is 0 Å². The first-order valence-corrected chi connectivity index (χ1v) is 7.74. The minimum Gasteiger partial charge on any atom is -0.502 e. The maximum Gasteiger partial charge on any atom is 0.278 e. The normalized spacial score (nSPS) is 19.4. The zero-order valence-electron chi connectivity index (χ0n) is 11.2. The van der Waals surface area contributed by atoms with Crippen molar-refractivity contribution >= 4 is 17.7 Å². The van der Waals surface area contributed by atoms with Crippen molar-refractivity contribution in [1.29, 1.82) is 0 Å². The molecule has 1 aliphatic heterocycles. The summed E-state index contributed by atoms with van der Waals surface area (Å²) in [4.78, 5) is 25.6. The molecule has 2 aliphatic rings. The van der Waals surface area contributed by atoms with Gasteiger partial charge in [0.2, 0.25) is 5.43 Å². The van der Waals surface area contributed by atoms with E-state index in [1.807, 2.05) is 18.7 Å². The number of hydrogen-bond donors (Lipinski definition) is 2. The van der Waals surface area contributed by atoms with Crippen LogP contribution in [0.1, 0.15) is 30.3 Å². The number of carbonyl (C=O) groups is 1. The predicted molar refractivity (Wildman–Crippen MR) is 77.7 cm³/mol. The Hall–Kier alpha value is -1.63. The highest BCUT2D eigenvalue weighted by Crippen LogP contribution is 2.35. The summed E-state index contributed by atoms with van der Waals surface area (Å²) in [7, 11) is 0. The Morgan fingerprint density at radius 1 is 1.50 bits per heavy atom. The van der Waals surface area contributed by atoms with Crippen molar-refractivity contribution in [3.05, 3.63) is 28.2 Å². The van der Waals surface area contributed by atoms with Gasteiger partial charge >= 0.3 is 0 Å². The fourth-order valence-corrected chi connectivity index (χ4v) is 3.38. The van der Waals surface area contributed by atoms with Crippen LogP contribution in [0.2, 0.25) is 0 Å². The van der Waals surface area contributed by atoms with Crippen LogP contribution in [0.15, 0.2) is 17.1 Å². The Labute approximate surface area is 120 Å². The molecule has 108 valence electrons. The monoisotopic (exact) mass is 295 g/mol.